The molecular formula is C10H14N2OS. The van der Waals surface area contributed by atoms with Gasteiger partial charge in [-0.25, -0.2) is 4.98 Å². The van der Waals surface area contributed by atoms with E-state index in [2.05, 4.69) is 10.3 Å². The van der Waals surface area contributed by atoms with Crippen LogP contribution >= 0.6 is 11.3 Å². The summed E-state index contributed by atoms with van der Waals surface area (Å²) in [5, 5.41) is 6.51. The molecule has 0 aliphatic carbocycles. The Hall–Kier alpha value is -0.610. The summed E-state index contributed by atoms with van der Waals surface area (Å²) in [6.45, 7) is 0. The predicted molar refractivity (Wildman–Crippen MR) is 56.7 cm³/mol. The maximum Gasteiger partial charge on any atom is 0.182 e. The normalized spacial score (nSPS) is 35.9. The number of hydrogen-bond donors (Lipinski definition) is 1. The number of thiazole rings is 1. The van der Waals surface area contributed by atoms with Crippen molar-refractivity contribution in [3.63, 3.8) is 0 Å². The Morgan fingerprint density at radius 3 is 3.14 bits per heavy atom. The largest absolute Gasteiger partial charge is 0.373 e. The van der Waals surface area contributed by atoms with Crippen LogP contribution in [0.4, 0.5) is 5.13 Å². The van der Waals surface area contributed by atoms with E-state index in [1.165, 1.54) is 25.7 Å². The fraction of sp³-hybridized carbons (Fsp3) is 0.700. The van der Waals surface area contributed by atoms with Crippen molar-refractivity contribution < 1.29 is 4.74 Å². The number of hydrogen-bond acceptors (Lipinski definition) is 4. The lowest BCUT2D eigenvalue weighted by Gasteiger charge is -2.29. The van der Waals surface area contributed by atoms with E-state index < -0.39 is 0 Å². The van der Waals surface area contributed by atoms with Gasteiger partial charge in [0.25, 0.3) is 0 Å². The highest BCUT2D eigenvalue weighted by Crippen LogP contribution is 2.34. The Labute approximate surface area is 87.5 Å². The van der Waals surface area contributed by atoms with Gasteiger partial charge in [0.2, 0.25) is 0 Å². The van der Waals surface area contributed by atoms with Gasteiger partial charge in [-0.15, -0.1) is 11.3 Å². The van der Waals surface area contributed by atoms with Gasteiger partial charge in [-0.2, -0.15) is 0 Å². The third-order valence-electron chi connectivity index (χ3n) is 3.13. The molecule has 3 heterocycles. The summed E-state index contributed by atoms with van der Waals surface area (Å²) in [5.41, 5.74) is 0. The molecular weight excluding hydrogens is 196 g/mol. The first-order valence-electron chi connectivity index (χ1n) is 5.23. The first kappa shape index (κ1) is 8.68. The van der Waals surface area contributed by atoms with E-state index in [4.69, 9.17) is 4.74 Å². The van der Waals surface area contributed by atoms with E-state index in [-0.39, 0.29) is 0 Å². The quantitative estimate of drug-likeness (QED) is 0.813. The van der Waals surface area contributed by atoms with E-state index in [1.54, 1.807) is 11.3 Å². The van der Waals surface area contributed by atoms with E-state index in [1.807, 2.05) is 11.6 Å². The lowest BCUT2D eigenvalue weighted by Crippen LogP contribution is -2.37. The molecule has 0 aromatic carbocycles. The van der Waals surface area contributed by atoms with Gasteiger partial charge in [0.1, 0.15) is 0 Å². The topological polar surface area (TPSA) is 34.1 Å². The van der Waals surface area contributed by atoms with E-state index >= 15 is 0 Å². The third-order valence-corrected chi connectivity index (χ3v) is 3.83. The third kappa shape index (κ3) is 1.53. The van der Waals surface area contributed by atoms with Crippen LogP contribution in [-0.2, 0) is 4.74 Å². The average molecular weight is 210 g/mol. The fourth-order valence-corrected chi connectivity index (χ4v) is 3.00. The van der Waals surface area contributed by atoms with E-state index in [0.29, 0.717) is 18.2 Å². The number of aromatic nitrogens is 1. The Kier molecular flexibility index (Phi) is 2.18. The zero-order chi connectivity index (χ0) is 9.38. The highest BCUT2D eigenvalue weighted by molar-refractivity contribution is 7.13. The molecule has 0 amide bonds. The van der Waals surface area contributed by atoms with Crippen LogP contribution in [0.3, 0.4) is 0 Å². The SMILES string of the molecule is c1csc(NC2CCC3CCC2O3)n1. The molecule has 2 bridgehead atoms. The van der Waals surface area contributed by atoms with Gasteiger partial charge in [-0.05, 0) is 25.7 Å². The van der Waals surface area contributed by atoms with Crippen LogP contribution < -0.4 is 5.32 Å². The minimum atomic E-state index is 0.428. The molecule has 3 unspecified atom stereocenters. The number of nitrogens with zero attached hydrogens (tertiary/aromatic N) is 1. The van der Waals surface area contributed by atoms with Crippen LogP contribution in [0.5, 0.6) is 0 Å². The van der Waals surface area contributed by atoms with E-state index in [0.717, 1.165) is 5.13 Å². The van der Waals surface area contributed by atoms with Gasteiger partial charge in [0.05, 0.1) is 18.2 Å². The zero-order valence-corrected chi connectivity index (χ0v) is 8.80. The zero-order valence-electron chi connectivity index (χ0n) is 7.98. The summed E-state index contributed by atoms with van der Waals surface area (Å²) < 4.78 is 5.87. The monoisotopic (exact) mass is 210 g/mol. The van der Waals surface area contributed by atoms with Gasteiger partial charge in [0.15, 0.2) is 5.13 Å². The maximum atomic E-state index is 5.87. The molecule has 1 N–H and O–H groups in total. The van der Waals surface area contributed by atoms with Crippen molar-refractivity contribution >= 4 is 16.5 Å². The number of nitrogens with one attached hydrogen (secondary N) is 1. The summed E-state index contributed by atoms with van der Waals surface area (Å²) in [6.07, 6.45) is 7.73. The number of rotatable bonds is 2. The highest BCUT2D eigenvalue weighted by Gasteiger charge is 2.36. The Balaban J connectivity index is 1.67. The van der Waals surface area contributed by atoms with Crippen LogP contribution in [0.2, 0.25) is 0 Å². The maximum absolute atomic E-state index is 5.87. The minimum absolute atomic E-state index is 0.428. The standard InChI is InChI=1S/C10H14N2OS/c1-3-8(9-4-2-7(1)13-9)12-10-11-5-6-14-10/h5-9H,1-4H2,(H,11,12). The molecule has 2 aliphatic heterocycles. The molecule has 0 saturated carbocycles. The summed E-state index contributed by atoms with van der Waals surface area (Å²) in [7, 11) is 0. The summed E-state index contributed by atoms with van der Waals surface area (Å²) in [4.78, 5) is 4.24. The summed E-state index contributed by atoms with van der Waals surface area (Å²) in [6, 6.07) is 0.486. The molecule has 14 heavy (non-hydrogen) atoms. The van der Waals surface area contributed by atoms with Crippen LogP contribution in [0.15, 0.2) is 11.6 Å². The first-order valence-corrected chi connectivity index (χ1v) is 6.11. The molecule has 1 aromatic rings. The second-order valence-electron chi connectivity index (χ2n) is 4.04. The molecule has 1 aromatic heterocycles. The first-order chi connectivity index (χ1) is 6.92. The minimum Gasteiger partial charge on any atom is -0.373 e. The van der Waals surface area contributed by atoms with Crippen molar-refractivity contribution in [2.24, 2.45) is 0 Å². The Morgan fingerprint density at radius 2 is 2.29 bits per heavy atom. The molecule has 2 aliphatic rings. The van der Waals surface area contributed by atoms with Crippen molar-refractivity contribution in [3.8, 4) is 0 Å². The van der Waals surface area contributed by atoms with Crippen LogP contribution in [0.1, 0.15) is 25.7 Å². The van der Waals surface area contributed by atoms with Crippen LogP contribution in [0, 0.1) is 0 Å². The molecule has 2 fully saturated rings. The van der Waals surface area contributed by atoms with E-state index in [9.17, 15) is 0 Å². The van der Waals surface area contributed by atoms with Gasteiger partial charge >= 0.3 is 0 Å². The number of anilines is 1. The molecule has 3 rings (SSSR count). The highest BCUT2D eigenvalue weighted by atomic mass is 32.1. The molecule has 3 atom stereocenters. The summed E-state index contributed by atoms with van der Waals surface area (Å²) in [5.74, 6) is 0. The van der Waals surface area contributed by atoms with Gasteiger partial charge in [0, 0.05) is 11.6 Å². The van der Waals surface area contributed by atoms with Crippen molar-refractivity contribution in [1.82, 2.24) is 4.98 Å². The Bertz CT molecular complexity index is 301. The molecule has 0 radical (unpaired) electrons. The Morgan fingerprint density at radius 1 is 1.36 bits per heavy atom. The fourth-order valence-electron chi connectivity index (χ4n) is 2.41. The number of fused-ring (bicyclic) bond motifs is 2. The second kappa shape index (κ2) is 3.51. The lowest BCUT2D eigenvalue weighted by molar-refractivity contribution is -0.00219. The van der Waals surface area contributed by atoms with Crippen LogP contribution in [-0.4, -0.2) is 23.2 Å². The molecule has 4 heteroatoms. The molecule has 3 nitrogen and oxygen atoms in total. The second-order valence-corrected chi connectivity index (χ2v) is 4.93. The molecule has 0 spiro atoms. The van der Waals surface area contributed by atoms with Crippen molar-refractivity contribution in [2.75, 3.05) is 5.32 Å². The van der Waals surface area contributed by atoms with Crippen molar-refractivity contribution in [2.45, 2.75) is 43.9 Å². The molecule has 76 valence electrons. The van der Waals surface area contributed by atoms with Gasteiger partial charge in [-0.3, -0.25) is 0 Å². The lowest BCUT2D eigenvalue weighted by atomic mass is 10.0. The van der Waals surface area contributed by atoms with Gasteiger partial charge < -0.3 is 10.1 Å². The number of ether oxygens (including phenoxy) is 1. The average Bonchev–Trinajstić information content (AvgIpc) is 2.80. The van der Waals surface area contributed by atoms with Crippen molar-refractivity contribution in [1.29, 1.82) is 0 Å². The van der Waals surface area contributed by atoms with Crippen LogP contribution in [0.25, 0.3) is 0 Å². The van der Waals surface area contributed by atoms with Crippen molar-refractivity contribution in [3.05, 3.63) is 11.6 Å². The smallest absolute Gasteiger partial charge is 0.182 e. The summed E-state index contributed by atoms with van der Waals surface area (Å²) >= 11 is 1.66. The van der Waals surface area contributed by atoms with Gasteiger partial charge in [-0.1, -0.05) is 0 Å². The molecule has 2 saturated heterocycles. The predicted octanol–water partition coefficient (Wildman–Crippen LogP) is 2.26.